The Bertz CT molecular complexity index is 1290. The fraction of sp³-hybridized carbons (Fsp3) is 0.360. The maximum absolute atomic E-state index is 14.3. The van der Waals surface area contributed by atoms with Crippen LogP contribution >= 0.6 is 0 Å². The van der Waals surface area contributed by atoms with E-state index >= 15 is 0 Å². The maximum atomic E-state index is 14.3. The summed E-state index contributed by atoms with van der Waals surface area (Å²) in [5.74, 6) is 1.38. The highest BCUT2D eigenvalue weighted by Gasteiger charge is 2.27. The summed E-state index contributed by atoms with van der Waals surface area (Å²) in [7, 11) is 0. The molecule has 3 atom stereocenters. The molecule has 1 aromatic carbocycles. The van der Waals surface area contributed by atoms with Gasteiger partial charge in [0.05, 0.1) is 30.8 Å². The molecular formula is C25H25FN4O3. The van der Waals surface area contributed by atoms with E-state index in [1.165, 1.54) is 0 Å². The number of halogens is 1. The first-order chi connectivity index (χ1) is 16.2. The third-order valence-corrected chi connectivity index (χ3v) is 6.25. The normalized spacial score (nSPS) is 23.2. The van der Waals surface area contributed by atoms with Crippen molar-refractivity contribution >= 4 is 16.6 Å². The standard InChI is InChI=1S/C25H25FN4O3/c26-19-13-27-9-6-22(19)33-23-3-1-2-16-4-5-20(29-25(16)23)21-14-28-24-12-17(7-10-30(21)24)32-18-8-11-31-15-18/h1-5,7,10,12,14,18-19,22,27H,6,8-9,11,13,15H2/t18-,19?,22+/m1/s1. The van der Waals surface area contributed by atoms with Crippen LogP contribution in [0.15, 0.2) is 54.9 Å². The Morgan fingerprint density at radius 2 is 2.09 bits per heavy atom. The smallest absolute Gasteiger partial charge is 0.149 e. The SMILES string of the molecule is FC1CNCC[C@@H]1Oc1cccc2ccc(-c3cnc4cc(O[C@@H]5CCOC5)ccn34)nc12. The lowest BCUT2D eigenvalue weighted by Gasteiger charge is -2.27. The Balaban J connectivity index is 1.32. The van der Waals surface area contributed by atoms with E-state index in [4.69, 9.17) is 19.2 Å². The Morgan fingerprint density at radius 3 is 2.97 bits per heavy atom. The van der Waals surface area contributed by atoms with Crippen molar-refractivity contribution in [1.82, 2.24) is 19.7 Å². The van der Waals surface area contributed by atoms with Gasteiger partial charge < -0.3 is 19.5 Å². The maximum Gasteiger partial charge on any atom is 0.149 e. The number of ether oxygens (including phenoxy) is 3. The summed E-state index contributed by atoms with van der Waals surface area (Å²) in [6.07, 6.45) is 3.86. The van der Waals surface area contributed by atoms with Crippen LogP contribution in [0.5, 0.6) is 11.5 Å². The van der Waals surface area contributed by atoms with Gasteiger partial charge in [0.2, 0.25) is 0 Å². The number of benzene rings is 1. The zero-order valence-corrected chi connectivity index (χ0v) is 18.1. The molecule has 3 aromatic heterocycles. The highest BCUT2D eigenvalue weighted by molar-refractivity contribution is 5.86. The summed E-state index contributed by atoms with van der Waals surface area (Å²) < 4.78 is 33.8. The molecule has 2 fully saturated rings. The average molecular weight is 448 g/mol. The fourth-order valence-electron chi connectivity index (χ4n) is 4.47. The zero-order chi connectivity index (χ0) is 22.2. The highest BCUT2D eigenvalue weighted by atomic mass is 19.1. The Kier molecular flexibility index (Phi) is 5.32. The van der Waals surface area contributed by atoms with E-state index in [1.54, 1.807) is 6.20 Å². The lowest BCUT2D eigenvalue weighted by atomic mass is 10.1. The first-order valence-corrected chi connectivity index (χ1v) is 11.4. The summed E-state index contributed by atoms with van der Waals surface area (Å²) in [6, 6.07) is 13.6. The zero-order valence-electron chi connectivity index (χ0n) is 18.1. The minimum atomic E-state index is -1.04. The second-order valence-corrected chi connectivity index (χ2v) is 8.53. The first kappa shape index (κ1) is 20.4. The largest absolute Gasteiger partial charge is 0.488 e. The summed E-state index contributed by atoms with van der Waals surface area (Å²) in [5.41, 5.74) is 3.13. The van der Waals surface area contributed by atoms with Crippen molar-refractivity contribution in [2.24, 2.45) is 0 Å². The summed E-state index contributed by atoms with van der Waals surface area (Å²) in [4.78, 5) is 9.45. The molecule has 0 saturated carbocycles. The van der Waals surface area contributed by atoms with Crippen molar-refractivity contribution < 1.29 is 18.6 Å². The molecule has 33 heavy (non-hydrogen) atoms. The van der Waals surface area contributed by atoms with Crippen LogP contribution < -0.4 is 14.8 Å². The van der Waals surface area contributed by atoms with Crippen LogP contribution in [0.25, 0.3) is 27.9 Å². The quantitative estimate of drug-likeness (QED) is 0.501. The number of para-hydroxylation sites is 1. The second-order valence-electron chi connectivity index (χ2n) is 8.53. The van der Waals surface area contributed by atoms with Gasteiger partial charge in [-0.15, -0.1) is 0 Å². The topological polar surface area (TPSA) is 69.9 Å². The Hall–Kier alpha value is -3.23. The average Bonchev–Trinajstić information content (AvgIpc) is 3.50. The molecule has 5 heterocycles. The van der Waals surface area contributed by atoms with Crippen LogP contribution in [0.3, 0.4) is 0 Å². The van der Waals surface area contributed by atoms with E-state index < -0.39 is 12.3 Å². The second kappa shape index (κ2) is 8.61. The number of hydrogen-bond acceptors (Lipinski definition) is 6. The van der Waals surface area contributed by atoms with Gasteiger partial charge in [0.25, 0.3) is 0 Å². The minimum absolute atomic E-state index is 0.0892. The van der Waals surface area contributed by atoms with Crippen molar-refractivity contribution in [1.29, 1.82) is 0 Å². The number of alkyl halides is 1. The molecular weight excluding hydrogens is 423 g/mol. The van der Waals surface area contributed by atoms with Gasteiger partial charge in [-0.05, 0) is 31.2 Å². The van der Waals surface area contributed by atoms with Gasteiger partial charge >= 0.3 is 0 Å². The van der Waals surface area contributed by atoms with E-state index in [-0.39, 0.29) is 6.10 Å². The van der Waals surface area contributed by atoms with E-state index in [0.29, 0.717) is 25.3 Å². The molecule has 1 unspecified atom stereocenters. The number of piperidine rings is 1. The molecule has 2 aliphatic rings. The van der Waals surface area contributed by atoms with Crippen molar-refractivity contribution in [3.05, 3.63) is 54.9 Å². The number of pyridine rings is 2. The number of nitrogens with zero attached hydrogens (tertiary/aromatic N) is 3. The van der Waals surface area contributed by atoms with Crippen LogP contribution in [0.4, 0.5) is 4.39 Å². The minimum Gasteiger partial charge on any atom is -0.488 e. The van der Waals surface area contributed by atoms with Gasteiger partial charge in [0.1, 0.15) is 41.0 Å². The lowest BCUT2D eigenvalue weighted by molar-refractivity contribution is 0.0743. The van der Waals surface area contributed by atoms with Crippen LogP contribution in [0, 0.1) is 0 Å². The third-order valence-electron chi connectivity index (χ3n) is 6.25. The van der Waals surface area contributed by atoms with Gasteiger partial charge in [-0.2, -0.15) is 0 Å². The van der Waals surface area contributed by atoms with Gasteiger partial charge in [0.15, 0.2) is 0 Å². The number of hydrogen-bond donors (Lipinski definition) is 1. The summed E-state index contributed by atoms with van der Waals surface area (Å²) in [6.45, 7) is 2.42. The molecule has 0 spiro atoms. The molecule has 6 rings (SSSR count). The van der Waals surface area contributed by atoms with Gasteiger partial charge in [-0.3, -0.25) is 4.40 Å². The molecule has 7 nitrogen and oxygen atoms in total. The van der Waals surface area contributed by atoms with Gasteiger partial charge in [-0.25, -0.2) is 14.4 Å². The van der Waals surface area contributed by atoms with Crippen molar-refractivity contribution in [3.63, 3.8) is 0 Å². The summed E-state index contributed by atoms with van der Waals surface area (Å²) >= 11 is 0. The molecule has 0 radical (unpaired) electrons. The fourth-order valence-corrected chi connectivity index (χ4v) is 4.47. The van der Waals surface area contributed by atoms with Crippen LogP contribution in [-0.2, 0) is 4.74 Å². The number of fused-ring (bicyclic) bond motifs is 2. The van der Waals surface area contributed by atoms with Crippen LogP contribution in [0.2, 0.25) is 0 Å². The molecule has 2 saturated heterocycles. The number of rotatable bonds is 5. The highest BCUT2D eigenvalue weighted by Crippen LogP contribution is 2.30. The summed E-state index contributed by atoms with van der Waals surface area (Å²) in [5, 5.41) is 4.01. The van der Waals surface area contributed by atoms with E-state index in [1.807, 2.05) is 53.1 Å². The molecule has 170 valence electrons. The van der Waals surface area contributed by atoms with E-state index in [2.05, 4.69) is 10.3 Å². The van der Waals surface area contributed by atoms with E-state index in [0.717, 1.165) is 53.3 Å². The Morgan fingerprint density at radius 1 is 1.12 bits per heavy atom. The molecule has 0 aliphatic carbocycles. The Labute approximate surface area is 190 Å². The first-order valence-electron chi connectivity index (χ1n) is 11.4. The van der Waals surface area contributed by atoms with E-state index in [9.17, 15) is 4.39 Å². The molecule has 1 N–H and O–H groups in total. The molecule has 4 aromatic rings. The molecule has 0 bridgehead atoms. The number of imidazole rings is 1. The van der Waals surface area contributed by atoms with Crippen LogP contribution in [0.1, 0.15) is 12.8 Å². The predicted octanol–water partition coefficient (Wildman–Crippen LogP) is 3.80. The van der Waals surface area contributed by atoms with Gasteiger partial charge in [-0.1, -0.05) is 18.2 Å². The van der Waals surface area contributed by atoms with Crippen molar-refractivity contribution in [2.45, 2.75) is 31.2 Å². The molecule has 0 amide bonds. The monoisotopic (exact) mass is 448 g/mol. The van der Waals surface area contributed by atoms with Crippen molar-refractivity contribution in [3.8, 4) is 22.9 Å². The van der Waals surface area contributed by atoms with Gasteiger partial charge in [0, 0.05) is 30.6 Å². The number of aromatic nitrogens is 3. The third kappa shape index (κ3) is 4.00. The van der Waals surface area contributed by atoms with Crippen molar-refractivity contribution in [2.75, 3.05) is 26.3 Å². The number of nitrogens with one attached hydrogen (secondary N) is 1. The predicted molar refractivity (Wildman–Crippen MR) is 123 cm³/mol. The molecule has 2 aliphatic heterocycles. The van der Waals surface area contributed by atoms with Crippen LogP contribution in [-0.4, -0.2) is 59.1 Å². The molecule has 8 heteroatoms. The lowest BCUT2D eigenvalue weighted by Crippen LogP contribution is -2.44.